The van der Waals surface area contributed by atoms with Gasteiger partial charge in [0.25, 0.3) is 0 Å². The normalized spacial score (nSPS) is 21.0. The summed E-state index contributed by atoms with van der Waals surface area (Å²) in [6, 6.07) is 5.77. The van der Waals surface area contributed by atoms with Crippen molar-refractivity contribution in [3.63, 3.8) is 0 Å². The van der Waals surface area contributed by atoms with E-state index < -0.39 is 0 Å². The fourth-order valence-electron chi connectivity index (χ4n) is 3.00. The van der Waals surface area contributed by atoms with E-state index in [0.29, 0.717) is 6.54 Å². The second kappa shape index (κ2) is 6.58. The number of hydrogen-bond donors (Lipinski definition) is 3. The van der Waals surface area contributed by atoms with E-state index in [1.54, 1.807) is 0 Å². The van der Waals surface area contributed by atoms with Crippen molar-refractivity contribution in [2.24, 2.45) is 5.41 Å². The molecule has 21 heavy (non-hydrogen) atoms. The summed E-state index contributed by atoms with van der Waals surface area (Å²) in [7, 11) is 0. The summed E-state index contributed by atoms with van der Waals surface area (Å²) in [5.41, 5.74) is 3.05. The molecule has 1 aromatic carbocycles. The second-order valence-electron chi connectivity index (χ2n) is 6.62. The Morgan fingerprint density at radius 3 is 2.86 bits per heavy atom. The van der Waals surface area contributed by atoms with Gasteiger partial charge in [-0.25, -0.2) is 0 Å². The molecule has 0 aromatic heterocycles. The molecule has 1 heterocycles. The largest absolute Gasteiger partial charge is 0.392 e. The Hall–Kier alpha value is -1.39. The molecular formula is C17H26N2O2. The standard InChI is InChI=1S/C17H26N2O2/c1-12-9-13(5-6-14(12)11-20)10-19-16(21)15-17(2,3)7-4-8-18-15/h5-6,9,15,18,20H,4,7-8,10-11H2,1-3H3,(H,19,21). The van der Waals surface area contributed by atoms with E-state index in [1.807, 2.05) is 25.1 Å². The molecule has 1 unspecified atom stereocenters. The van der Waals surface area contributed by atoms with E-state index in [1.165, 1.54) is 0 Å². The first-order valence-electron chi connectivity index (χ1n) is 7.64. The number of nitrogens with one attached hydrogen (secondary N) is 2. The highest BCUT2D eigenvalue weighted by Crippen LogP contribution is 2.30. The van der Waals surface area contributed by atoms with Crippen molar-refractivity contribution in [2.75, 3.05) is 6.54 Å². The number of carbonyl (C=O) groups excluding carboxylic acids is 1. The molecule has 1 aromatic rings. The Morgan fingerprint density at radius 2 is 2.24 bits per heavy atom. The third-order valence-electron chi connectivity index (χ3n) is 4.43. The molecule has 0 bridgehead atoms. The summed E-state index contributed by atoms with van der Waals surface area (Å²) in [6.07, 6.45) is 2.20. The lowest BCUT2D eigenvalue weighted by Gasteiger charge is -2.38. The number of carbonyl (C=O) groups is 1. The van der Waals surface area contributed by atoms with E-state index in [9.17, 15) is 9.90 Å². The van der Waals surface area contributed by atoms with E-state index in [-0.39, 0.29) is 24.0 Å². The maximum Gasteiger partial charge on any atom is 0.237 e. The SMILES string of the molecule is Cc1cc(CNC(=O)C2NCCCC2(C)C)ccc1CO. The van der Waals surface area contributed by atoms with Crippen LogP contribution in [0.25, 0.3) is 0 Å². The summed E-state index contributed by atoms with van der Waals surface area (Å²) in [4.78, 5) is 12.4. The first-order valence-corrected chi connectivity index (χ1v) is 7.64. The van der Waals surface area contributed by atoms with Gasteiger partial charge in [-0.3, -0.25) is 4.79 Å². The molecule has 0 spiro atoms. The number of aliphatic hydroxyl groups excluding tert-OH is 1. The minimum Gasteiger partial charge on any atom is -0.392 e. The topological polar surface area (TPSA) is 61.4 Å². The van der Waals surface area contributed by atoms with Gasteiger partial charge in [0.15, 0.2) is 0 Å². The van der Waals surface area contributed by atoms with Crippen LogP contribution in [0.15, 0.2) is 18.2 Å². The summed E-state index contributed by atoms with van der Waals surface area (Å²) < 4.78 is 0. The van der Waals surface area contributed by atoms with Crippen LogP contribution in [0.4, 0.5) is 0 Å². The van der Waals surface area contributed by atoms with Gasteiger partial charge in [0.1, 0.15) is 0 Å². The second-order valence-corrected chi connectivity index (χ2v) is 6.62. The molecule has 4 nitrogen and oxygen atoms in total. The van der Waals surface area contributed by atoms with Crippen LogP contribution in [-0.4, -0.2) is 23.6 Å². The fourth-order valence-corrected chi connectivity index (χ4v) is 3.00. The number of piperidine rings is 1. The lowest BCUT2D eigenvalue weighted by molar-refractivity contribution is -0.126. The molecule has 1 aliphatic rings. The minimum atomic E-state index is -0.121. The molecule has 2 rings (SSSR count). The van der Waals surface area contributed by atoms with Gasteiger partial charge < -0.3 is 15.7 Å². The van der Waals surface area contributed by atoms with Crippen LogP contribution in [0.1, 0.15) is 43.4 Å². The smallest absolute Gasteiger partial charge is 0.237 e. The highest BCUT2D eigenvalue weighted by atomic mass is 16.3. The van der Waals surface area contributed by atoms with Crippen LogP contribution in [0.2, 0.25) is 0 Å². The molecule has 4 heteroatoms. The third-order valence-corrected chi connectivity index (χ3v) is 4.43. The maximum atomic E-state index is 12.4. The molecule has 1 aliphatic heterocycles. The lowest BCUT2D eigenvalue weighted by atomic mass is 9.77. The Morgan fingerprint density at radius 1 is 1.48 bits per heavy atom. The molecule has 0 saturated carbocycles. The average molecular weight is 290 g/mol. The van der Waals surface area contributed by atoms with Gasteiger partial charge in [-0.05, 0) is 48.4 Å². The Balaban J connectivity index is 1.96. The van der Waals surface area contributed by atoms with Crippen LogP contribution in [0, 0.1) is 12.3 Å². The van der Waals surface area contributed by atoms with Crippen molar-refractivity contribution in [3.8, 4) is 0 Å². The molecule has 1 amide bonds. The Labute approximate surface area is 126 Å². The number of aryl methyl sites for hydroxylation is 1. The molecular weight excluding hydrogens is 264 g/mol. The molecule has 3 N–H and O–H groups in total. The van der Waals surface area contributed by atoms with Crippen molar-refractivity contribution in [3.05, 3.63) is 34.9 Å². The van der Waals surface area contributed by atoms with Crippen LogP contribution in [-0.2, 0) is 17.9 Å². The minimum absolute atomic E-state index is 0.000996. The Bertz CT molecular complexity index is 512. The molecule has 1 saturated heterocycles. The molecule has 0 aliphatic carbocycles. The zero-order valence-electron chi connectivity index (χ0n) is 13.2. The van der Waals surface area contributed by atoms with Gasteiger partial charge in [-0.15, -0.1) is 0 Å². The van der Waals surface area contributed by atoms with Crippen molar-refractivity contribution in [2.45, 2.75) is 52.8 Å². The number of amides is 1. The van der Waals surface area contributed by atoms with Gasteiger partial charge >= 0.3 is 0 Å². The first kappa shape index (κ1) is 16.0. The number of rotatable bonds is 4. The molecule has 0 radical (unpaired) electrons. The van der Waals surface area contributed by atoms with Crippen molar-refractivity contribution >= 4 is 5.91 Å². The van der Waals surface area contributed by atoms with Crippen molar-refractivity contribution < 1.29 is 9.90 Å². The fraction of sp³-hybridized carbons (Fsp3) is 0.588. The third kappa shape index (κ3) is 3.83. The molecule has 1 fully saturated rings. The van der Waals surface area contributed by atoms with Gasteiger partial charge in [-0.2, -0.15) is 0 Å². The van der Waals surface area contributed by atoms with Gasteiger partial charge in [0.05, 0.1) is 12.6 Å². The highest BCUT2D eigenvalue weighted by molar-refractivity contribution is 5.82. The van der Waals surface area contributed by atoms with E-state index in [2.05, 4.69) is 24.5 Å². The molecule has 1 atom stereocenters. The summed E-state index contributed by atoms with van der Waals surface area (Å²) in [6.45, 7) is 7.75. The van der Waals surface area contributed by atoms with E-state index in [4.69, 9.17) is 0 Å². The quantitative estimate of drug-likeness (QED) is 0.793. The highest BCUT2D eigenvalue weighted by Gasteiger charge is 2.36. The lowest BCUT2D eigenvalue weighted by Crippen LogP contribution is -2.55. The van der Waals surface area contributed by atoms with Crippen LogP contribution >= 0.6 is 0 Å². The summed E-state index contributed by atoms with van der Waals surface area (Å²) in [5, 5.41) is 15.5. The monoisotopic (exact) mass is 290 g/mol. The van der Waals surface area contributed by atoms with Crippen LogP contribution in [0.3, 0.4) is 0 Å². The van der Waals surface area contributed by atoms with Gasteiger partial charge in [0.2, 0.25) is 5.91 Å². The van der Waals surface area contributed by atoms with E-state index in [0.717, 1.165) is 36.1 Å². The summed E-state index contributed by atoms with van der Waals surface area (Å²) >= 11 is 0. The molecule has 116 valence electrons. The first-order chi connectivity index (χ1) is 9.94. The predicted octanol–water partition coefficient (Wildman–Crippen LogP) is 1.88. The number of aliphatic hydroxyl groups is 1. The van der Waals surface area contributed by atoms with Crippen molar-refractivity contribution in [1.82, 2.24) is 10.6 Å². The number of hydrogen-bond acceptors (Lipinski definition) is 3. The maximum absolute atomic E-state index is 12.4. The van der Waals surface area contributed by atoms with Crippen LogP contribution in [0.5, 0.6) is 0 Å². The van der Waals surface area contributed by atoms with E-state index >= 15 is 0 Å². The summed E-state index contributed by atoms with van der Waals surface area (Å²) in [5.74, 6) is 0.0728. The zero-order chi connectivity index (χ0) is 15.5. The van der Waals surface area contributed by atoms with Crippen LogP contribution < -0.4 is 10.6 Å². The average Bonchev–Trinajstić information content (AvgIpc) is 2.44. The van der Waals surface area contributed by atoms with Gasteiger partial charge in [-0.1, -0.05) is 32.0 Å². The Kier molecular flexibility index (Phi) is 5.01. The predicted molar refractivity (Wildman–Crippen MR) is 83.8 cm³/mol. The zero-order valence-corrected chi connectivity index (χ0v) is 13.2. The van der Waals surface area contributed by atoms with Crippen molar-refractivity contribution in [1.29, 1.82) is 0 Å². The number of benzene rings is 1. The van der Waals surface area contributed by atoms with Gasteiger partial charge in [0, 0.05) is 6.54 Å².